The standard InChI is InChI=1S/C15H17FN4O.ClH/c16-11-4-1-3-10(7-11)13-9-19-15(17)20-14(13)18-8-12-5-2-6-21-12;/h1,3-4,7,9,12H,2,5-6,8H2,(H3,17,18,19,20);1H. The van der Waals surface area contributed by atoms with Crippen molar-refractivity contribution in [2.45, 2.75) is 18.9 Å². The van der Waals surface area contributed by atoms with Gasteiger partial charge in [-0.2, -0.15) is 4.98 Å². The number of nitrogen functional groups attached to an aromatic ring is 1. The Balaban J connectivity index is 0.00000176. The van der Waals surface area contributed by atoms with Crippen molar-refractivity contribution in [3.63, 3.8) is 0 Å². The fraction of sp³-hybridized carbons (Fsp3) is 0.333. The molecule has 1 aliphatic rings. The van der Waals surface area contributed by atoms with Crippen molar-refractivity contribution in [2.24, 2.45) is 0 Å². The number of hydrogen-bond donors (Lipinski definition) is 2. The van der Waals surface area contributed by atoms with Crippen molar-refractivity contribution in [2.75, 3.05) is 24.2 Å². The lowest BCUT2D eigenvalue weighted by molar-refractivity contribution is 0.120. The largest absolute Gasteiger partial charge is 0.376 e. The van der Waals surface area contributed by atoms with Gasteiger partial charge in [0.2, 0.25) is 5.95 Å². The minimum atomic E-state index is -0.297. The molecular weight excluding hydrogens is 307 g/mol. The molecule has 22 heavy (non-hydrogen) atoms. The maximum Gasteiger partial charge on any atom is 0.221 e. The maximum atomic E-state index is 13.4. The fourth-order valence-electron chi connectivity index (χ4n) is 2.41. The lowest BCUT2D eigenvalue weighted by Crippen LogP contribution is -2.19. The van der Waals surface area contributed by atoms with Crippen LogP contribution >= 0.6 is 12.4 Å². The van der Waals surface area contributed by atoms with Gasteiger partial charge in [0.1, 0.15) is 11.6 Å². The Kier molecular flexibility index (Phi) is 5.51. The Morgan fingerprint density at radius 3 is 3.00 bits per heavy atom. The first-order valence-corrected chi connectivity index (χ1v) is 6.96. The summed E-state index contributed by atoms with van der Waals surface area (Å²) in [4.78, 5) is 8.22. The van der Waals surface area contributed by atoms with Crippen molar-refractivity contribution >= 4 is 24.2 Å². The van der Waals surface area contributed by atoms with E-state index in [2.05, 4.69) is 15.3 Å². The molecule has 0 saturated carbocycles. The number of ether oxygens (including phenoxy) is 1. The Hall–Kier alpha value is -1.92. The van der Waals surface area contributed by atoms with E-state index in [-0.39, 0.29) is 30.3 Å². The molecule has 0 radical (unpaired) electrons. The first-order valence-electron chi connectivity index (χ1n) is 6.96. The van der Waals surface area contributed by atoms with Gasteiger partial charge >= 0.3 is 0 Å². The van der Waals surface area contributed by atoms with E-state index >= 15 is 0 Å². The predicted molar refractivity (Wildman–Crippen MR) is 86.6 cm³/mol. The summed E-state index contributed by atoms with van der Waals surface area (Å²) in [6.45, 7) is 1.45. The normalized spacial score (nSPS) is 17.0. The molecule has 0 bridgehead atoms. The quantitative estimate of drug-likeness (QED) is 0.904. The van der Waals surface area contributed by atoms with Crippen LogP contribution in [0, 0.1) is 5.82 Å². The van der Waals surface area contributed by atoms with E-state index in [1.54, 1.807) is 12.3 Å². The molecule has 5 nitrogen and oxygen atoms in total. The fourth-order valence-corrected chi connectivity index (χ4v) is 2.41. The minimum absolute atomic E-state index is 0. The number of nitrogens with one attached hydrogen (secondary N) is 1. The van der Waals surface area contributed by atoms with Crippen LogP contribution in [-0.4, -0.2) is 29.2 Å². The number of aromatic nitrogens is 2. The van der Waals surface area contributed by atoms with Crippen molar-refractivity contribution in [1.82, 2.24) is 9.97 Å². The second-order valence-corrected chi connectivity index (χ2v) is 5.02. The summed E-state index contributed by atoms with van der Waals surface area (Å²) < 4.78 is 19.0. The zero-order chi connectivity index (χ0) is 14.7. The molecule has 1 fully saturated rings. The topological polar surface area (TPSA) is 73.1 Å². The molecule has 1 aliphatic heterocycles. The highest BCUT2D eigenvalue weighted by Gasteiger charge is 2.16. The Bertz CT molecular complexity index is 635. The van der Waals surface area contributed by atoms with Crippen molar-refractivity contribution in [3.8, 4) is 11.1 Å². The number of nitrogens with two attached hydrogens (primary N) is 1. The van der Waals surface area contributed by atoms with E-state index in [0.29, 0.717) is 17.9 Å². The van der Waals surface area contributed by atoms with Gasteiger partial charge in [-0.3, -0.25) is 0 Å². The molecule has 1 atom stereocenters. The minimum Gasteiger partial charge on any atom is -0.376 e. The van der Waals surface area contributed by atoms with Crippen LogP contribution in [-0.2, 0) is 4.74 Å². The summed E-state index contributed by atoms with van der Waals surface area (Å²) in [5.74, 6) is 0.489. The van der Waals surface area contributed by atoms with Crippen LogP contribution in [0.1, 0.15) is 12.8 Å². The molecule has 0 aliphatic carbocycles. The van der Waals surface area contributed by atoms with Crippen LogP contribution in [0.3, 0.4) is 0 Å². The molecular formula is C15H18ClFN4O. The molecule has 7 heteroatoms. The van der Waals surface area contributed by atoms with E-state index in [1.165, 1.54) is 12.1 Å². The number of benzene rings is 1. The molecule has 1 saturated heterocycles. The van der Waals surface area contributed by atoms with E-state index in [4.69, 9.17) is 10.5 Å². The summed E-state index contributed by atoms with van der Waals surface area (Å²) in [5, 5.41) is 3.24. The van der Waals surface area contributed by atoms with Crippen molar-refractivity contribution in [3.05, 3.63) is 36.3 Å². The second-order valence-electron chi connectivity index (χ2n) is 5.02. The van der Waals surface area contributed by atoms with Crippen LogP contribution in [0.5, 0.6) is 0 Å². The zero-order valence-electron chi connectivity index (χ0n) is 12.0. The van der Waals surface area contributed by atoms with Crippen LogP contribution in [0.25, 0.3) is 11.1 Å². The number of anilines is 2. The molecule has 0 amide bonds. The average molecular weight is 325 g/mol. The molecule has 2 aromatic rings. The summed E-state index contributed by atoms with van der Waals surface area (Å²) in [6, 6.07) is 6.33. The highest BCUT2D eigenvalue weighted by molar-refractivity contribution is 5.85. The molecule has 3 rings (SSSR count). The monoisotopic (exact) mass is 324 g/mol. The molecule has 1 unspecified atom stereocenters. The summed E-state index contributed by atoms with van der Waals surface area (Å²) in [7, 11) is 0. The van der Waals surface area contributed by atoms with Crippen LogP contribution in [0.15, 0.2) is 30.5 Å². The van der Waals surface area contributed by atoms with Crippen LogP contribution in [0.2, 0.25) is 0 Å². The SMILES string of the molecule is Cl.Nc1ncc(-c2cccc(F)c2)c(NCC2CCCO2)n1. The number of hydrogen-bond acceptors (Lipinski definition) is 5. The van der Waals surface area contributed by atoms with Gasteiger partial charge in [0, 0.05) is 24.9 Å². The summed E-state index contributed by atoms with van der Waals surface area (Å²) >= 11 is 0. The van der Waals surface area contributed by atoms with Gasteiger partial charge in [0.25, 0.3) is 0 Å². The third kappa shape index (κ3) is 3.84. The van der Waals surface area contributed by atoms with Crippen molar-refractivity contribution in [1.29, 1.82) is 0 Å². The third-order valence-corrected chi connectivity index (χ3v) is 3.46. The third-order valence-electron chi connectivity index (χ3n) is 3.46. The number of nitrogens with zero attached hydrogens (tertiary/aromatic N) is 2. The second kappa shape index (κ2) is 7.38. The Morgan fingerprint density at radius 2 is 2.27 bits per heavy atom. The van der Waals surface area contributed by atoms with E-state index in [0.717, 1.165) is 25.0 Å². The molecule has 3 N–H and O–H groups in total. The molecule has 2 heterocycles. The number of rotatable bonds is 4. The summed E-state index contributed by atoms with van der Waals surface area (Å²) in [5.41, 5.74) is 7.09. The Morgan fingerprint density at radius 1 is 1.41 bits per heavy atom. The molecule has 1 aromatic carbocycles. The first kappa shape index (κ1) is 16.5. The van der Waals surface area contributed by atoms with Crippen LogP contribution < -0.4 is 11.1 Å². The van der Waals surface area contributed by atoms with Crippen molar-refractivity contribution < 1.29 is 9.13 Å². The van der Waals surface area contributed by atoms with Crippen LogP contribution in [0.4, 0.5) is 16.2 Å². The van der Waals surface area contributed by atoms with Gasteiger partial charge in [-0.05, 0) is 30.5 Å². The lowest BCUT2D eigenvalue weighted by atomic mass is 10.1. The number of halogens is 2. The van der Waals surface area contributed by atoms with E-state index < -0.39 is 0 Å². The van der Waals surface area contributed by atoms with Gasteiger partial charge in [0.15, 0.2) is 0 Å². The predicted octanol–water partition coefficient (Wildman–Crippen LogP) is 2.88. The molecule has 0 spiro atoms. The van der Waals surface area contributed by atoms with Gasteiger partial charge in [0.05, 0.1) is 6.10 Å². The molecule has 118 valence electrons. The Labute approximate surface area is 134 Å². The smallest absolute Gasteiger partial charge is 0.221 e. The van der Waals surface area contributed by atoms with E-state index in [9.17, 15) is 4.39 Å². The highest BCUT2D eigenvalue weighted by Crippen LogP contribution is 2.27. The van der Waals surface area contributed by atoms with Gasteiger partial charge in [-0.15, -0.1) is 12.4 Å². The van der Waals surface area contributed by atoms with E-state index in [1.807, 2.05) is 6.07 Å². The lowest BCUT2D eigenvalue weighted by Gasteiger charge is -2.14. The highest BCUT2D eigenvalue weighted by atomic mass is 35.5. The zero-order valence-corrected chi connectivity index (χ0v) is 12.8. The summed E-state index contributed by atoms with van der Waals surface area (Å²) in [6.07, 6.45) is 3.90. The van der Waals surface area contributed by atoms with Gasteiger partial charge < -0.3 is 15.8 Å². The van der Waals surface area contributed by atoms with Gasteiger partial charge in [-0.25, -0.2) is 9.37 Å². The average Bonchev–Trinajstić information content (AvgIpc) is 2.98. The molecule has 1 aromatic heterocycles. The first-order chi connectivity index (χ1) is 10.2. The van der Waals surface area contributed by atoms with Gasteiger partial charge in [-0.1, -0.05) is 12.1 Å². The maximum absolute atomic E-state index is 13.4.